The molecular formula is C22H26ClFN8O4. The number of aromatic nitrogens is 4. The fourth-order valence-corrected chi connectivity index (χ4v) is 4.53. The number of amides is 2. The molecule has 0 radical (unpaired) electrons. The third kappa shape index (κ3) is 5.45. The molecule has 2 aromatic heterocycles. The standard InChI is InChI=1S/C22H26ClFN8O4/c1-9(31-36)17(25)21(34)27-18(16(11-3-4-11)12-5-6-12)22(35)26-14-8-32(30-19(14)24)10(2)13-7-15(23)28-29-20(13)33/h7-8,10-12,16,18,25,36H,3-6H2,1-2H3,(H,26,35)(H,27,34)(H,29,33)/b25-17?,31-9-/t10?,18-/m0/s1. The van der Waals surface area contributed by atoms with Crippen molar-refractivity contribution in [1.29, 1.82) is 5.41 Å². The van der Waals surface area contributed by atoms with Crippen LogP contribution in [0.25, 0.3) is 0 Å². The summed E-state index contributed by atoms with van der Waals surface area (Å²) in [6.07, 6.45) is 4.92. The van der Waals surface area contributed by atoms with E-state index in [9.17, 15) is 18.8 Å². The number of anilines is 1. The fourth-order valence-electron chi connectivity index (χ4n) is 4.37. The molecule has 2 heterocycles. The minimum absolute atomic E-state index is 0.0504. The molecule has 0 spiro atoms. The lowest BCUT2D eigenvalue weighted by molar-refractivity contribution is -0.124. The lowest BCUT2D eigenvalue weighted by Gasteiger charge is -2.27. The van der Waals surface area contributed by atoms with Crippen LogP contribution in [0.3, 0.4) is 0 Å². The van der Waals surface area contributed by atoms with Gasteiger partial charge in [0.1, 0.15) is 28.3 Å². The van der Waals surface area contributed by atoms with E-state index in [0.717, 1.165) is 25.7 Å². The normalized spacial score (nSPS) is 17.5. The number of hydrogen-bond acceptors (Lipinski definition) is 8. The Morgan fingerprint density at radius 1 is 1.33 bits per heavy atom. The molecule has 2 saturated carbocycles. The van der Waals surface area contributed by atoms with Gasteiger partial charge in [0.15, 0.2) is 0 Å². The van der Waals surface area contributed by atoms with E-state index in [-0.39, 0.29) is 39.9 Å². The van der Waals surface area contributed by atoms with Gasteiger partial charge in [-0.05, 0) is 63.4 Å². The quantitative estimate of drug-likeness (QED) is 0.182. The molecule has 14 heteroatoms. The van der Waals surface area contributed by atoms with Crippen LogP contribution < -0.4 is 16.2 Å². The summed E-state index contributed by atoms with van der Waals surface area (Å²) in [5, 5.41) is 34.5. The van der Waals surface area contributed by atoms with Crippen molar-refractivity contribution in [2.75, 3.05) is 5.32 Å². The predicted octanol–water partition coefficient (Wildman–Crippen LogP) is 2.10. The van der Waals surface area contributed by atoms with Crippen molar-refractivity contribution in [2.45, 2.75) is 51.6 Å². The van der Waals surface area contributed by atoms with E-state index in [2.05, 4.69) is 31.1 Å². The number of hydrogen-bond donors (Lipinski definition) is 5. The van der Waals surface area contributed by atoms with E-state index in [1.165, 1.54) is 23.9 Å². The molecule has 1 unspecified atom stereocenters. The van der Waals surface area contributed by atoms with Crippen LogP contribution in [-0.4, -0.2) is 54.5 Å². The lowest BCUT2D eigenvalue weighted by Crippen LogP contribution is -2.52. The van der Waals surface area contributed by atoms with Gasteiger partial charge in [-0.25, -0.2) is 5.10 Å². The Bertz CT molecular complexity index is 1270. The smallest absolute Gasteiger partial charge is 0.271 e. The summed E-state index contributed by atoms with van der Waals surface area (Å²) < 4.78 is 15.9. The molecule has 0 aromatic carbocycles. The van der Waals surface area contributed by atoms with Gasteiger partial charge in [0.25, 0.3) is 17.4 Å². The SMILES string of the molecule is C/C(=N/O)C(=N)C(=O)N[C@H](C(=O)Nc1cn(C(C)c2cc(Cl)n[nH]c2=O)nc1F)C(C1CC1)C1CC1. The molecule has 2 aromatic rings. The molecule has 2 fully saturated rings. The van der Waals surface area contributed by atoms with Gasteiger partial charge in [-0.15, -0.1) is 5.10 Å². The maximum atomic E-state index is 14.7. The second kappa shape index (κ2) is 10.2. The van der Waals surface area contributed by atoms with Gasteiger partial charge in [-0.2, -0.15) is 9.49 Å². The average Bonchev–Trinajstić information content (AvgIpc) is 3.79. The van der Waals surface area contributed by atoms with Gasteiger partial charge < -0.3 is 15.8 Å². The number of aromatic amines is 1. The first-order valence-corrected chi connectivity index (χ1v) is 11.9. The predicted molar refractivity (Wildman–Crippen MR) is 128 cm³/mol. The molecule has 2 atom stereocenters. The molecule has 192 valence electrons. The van der Waals surface area contributed by atoms with Crippen LogP contribution in [0, 0.1) is 29.1 Å². The van der Waals surface area contributed by atoms with Crippen LogP contribution in [0.5, 0.6) is 0 Å². The van der Waals surface area contributed by atoms with Crippen molar-refractivity contribution in [3.63, 3.8) is 0 Å². The van der Waals surface area contributed by atoms with Crippen LogP contribution in [-0.2, 0) is 9.59 Å². The number of oxime groups is 1. The van der Waals surface area contributed by atoms with Crippen molar-refractivity contribution >= 4 is 40.5 Å². The number of H-pyrrole nitrogens is 1. The Hall–Kier alpha value is -3.61. The van der Waals surface area contributed by atoms with E-state index >= 15 is 0 Å². The highest BCUT2D eigenvalue weighted by atomic mass is 35.5. The Balaban J connectivity index is 1.57. The summed E-state index contributed by atoms with van der Waals surface area (Å²) in [6.45, 7) is 2.90. The minimum Gasteiger partial charge on any atom is -0.411 e. The van der Waals surface area contributed by atoms with E-state index in [0.29, 0.717) is 0 Å². The maximum absolute atomic E-state index is 14.7. The summed E-state index contributed by atoms with van der Waals surface area (Å²) in [4.78, 5) is 38.1. The Kier molecular flexibility index (Phi) is 7.20. The third-order valence-electron chi connectivity index (χ3n) is 6.62. The van der Waals surface area contributed by atoms with Gasteiger partial charge >= 0.3 is 0 Å². The zero-order valence-electron chi connectivity index (χ0n) is 19.6. The molecule has 2 aliphatic carbocycles. The van der Waals surface area contributed by atoms with Crippen molar-refractivity contribution < 1.29 is 19.2 Å². The number of nitrogens with zero attached hydrogens (tertiary/aromatic N) is 4. The van der Waals surface area contributed by atoms with Crippen molar-refractivity contribution in [3.8, 4) is 0 Å². The molecule has 12 nitrogen and oxygen atoms in total. The molecule has 5 N–H and O–H groups in total. The number of carbonyl (C=O) groups excluding carboxylic acids is 2. The second-order valence-electron chi connectivity index (χ2n) is 9.22. The van der Waals surface area contributed by atoms with E-state index in [1.807, 2.05) is 0 Å². The molecule has 2 amide bonds. The molecule has 4 rings (SSSR count). The second-order valence-corrected chi connectivity index (χ2v) is 9.60. The van der Waals surface area contributed by atoms with Gasteiger partial charge in [-0.3, -0.25) is 24.5 Å². The number of halogens is 2. The van der Waals surface area contributed by atoms with Crippen LogP contribution in [0.2, 0.25) is 5.15 Å². The molecule has 36 heavy (non-hydrogen) atoms. The van der Waals surface area contributed by atoms with Gasteiger partial charge in [0.05, 0.1) is 12.2 Å². The third-order valence-corrected chi connectivity index (χ3v) is 6.81. The van der Waals surface area contributed by atoms with Gasteiger partial charge in [0.2, 0.25) is 5.91 Å². The maximum Gasteiger partial charge on any atom is 0.271 e. The van der Waals surface area contributed by atoms with Gasteiger partial charge in [0, 0.05) is 5.56 Å². The van der Waals surface area contributed by atoms with E-state index in [4.69, 9.17) is 22.2 Å². The Morgan fingerprint density at radius 3 is 2.56 bits per heavy atom. The summed E-state index contributed by atoms with van der Waals surface area (Å²) in [7, 11) is 0. The average molecular weight is 521 g/mol. The Morgan fingerprint density at radius 2 is 1.97 bits per heavy atom. The monoisotopic (exact) mass is 520 g/mol. The van der Waals surface area contributed by atoms with Crippen molar-refractivity contribution in [2.24, 2.45) is 22.9 Å². The lowest BCUT2D eigenvalue weighted by atomic mass is 9.88. The zero-order valence-corrected chi connectivity index (χ0v) is 20.3. The summed E-state index contributed by atoms with van der Waals surface area (Å²) in [5.41, 5.74) is -1.32. The highest BCUT2D eigenvalue weighted by Gasteiger charge is 2.48. The highest BCUT2D eigenvalue weighted by Crippen LogP contribution is 2.50. The largest absolute Gasteiger partial charge is 0.411 e. The molecule has 0 aliphatic heterocycles. The zero-order chi connectivity index (χ0) is 26.1. The van der Waals surface area contributed by atoms with Crippen LogP contribution >= 0.6 is 11.6 Å². The summed E-state index contributed by atoms with van der Waals surface area (Å²) in [6, 6.07) is -0.403. The number of nitrogens with one attached hydrogen (secondary N) is 4. The fraction of sp³-hybridized carbons (Fsp3) is 0.500. The van der Waals surface area contributed by atoms with Crippen LogP contribution in [0.15, 0.2) is 22.2 Å². The van der Waals surface area contributed by atoms with Crippen LogP contribution in [0.1, 0.15) is 51.1 Å². The van der Waals surface area contributed by atoms with E-state index < -0.39 is 41.1 Å². The first-order valence-electron chi connectivity index (χ1n) is 11.5. The minimum atomic E-state index is -1.02. The molecule has 0 saturated heterocycles. The number of carbonyl (C=O) groups is 2. The van der Waals surface area contributed by atoms with Crippen molar-refractivity contribution in [1.82, 2.24) is 25.3 Å². The topological polar surface area (TPSA) is 178 Å². The molecule has 2 aliphatic rings. The molecular weight excluding hydrogens is 495 g/mol. The first-order chi connectivity index (χ1) is 17.1. The molecule has 0 bridgehead atoms. The Labute approximate surface area is 209 Å². The van der Waals surface area contributed by atoms with Gasteiger partial charge in [-0.1, -0.05) is 16.8 Å². The summed E-state index contributed by atoms with van der Waals surface area (Å²) in [5.74, 6) is -2.16. The van der Waals surface area contributed by atoms with E-state index in [1.54, 1.807) is 6.92 Å². The van der Waals surface area contributed by atoms with Crippen molar-refractivity contribution in [3.05, 3.63) is 39.3 Å². The number of rotatable bonds is 10. The first kappa shape index (κ1) is 25.5. The highest BCUT2D eigenvalue weighted by molar-refractivity contribution is 6.65. The van der Waals surface area contributed by atoms with Crippen LogP contribution in [0.4, 0.5) is 10.1 Å². The summed E-state index contributed by atoms with van der Waals surface area (Å²) >= 11 is 5.86.